The maximum absolute atomic E-state index is 13.1. The van der Waals surface area contributed by atoms with Crippen molar-refractivity contribution >= 4 is 32.8 Å². The van der Waals surface area contributed by atoms with Crippen molar-refractivity contribution in [3.8, 4) is 0 Å². The van der Waals surface area contributed by atoms with E-state index in [9.17, 15) is 22.8 Å². The average Bonchev–Trinajstić information content (AvgIpc) is 3.25. The highest BCUT2D eigenvalue weighted by atomic mass is 32.2. The van der Waals surface area contributed by atoms with Crippen molar-refractivity contribution in [1.82, 2.24) is 23.0 Å². The van der Waals surface area contributed by atoms with Crippen LogP contribution in [0.3, 0.4) is 0 Å². The van der Waals surface area contributed by atoms with Crippen molar-refractivity contribution in [1.29, 1.82) is 0 Å². The minimum absolute atomic E-state index is 0.144. The number of imidazole rings is 1. The number of benzene rings is 1. The quantitative estimate of drug-likeness (QED) is 0.423. The molecule has 0 aliphatic heterocycles. The van der Waals surface area contributed by atoms with Crippen LogP contribution in [0.4, 0.5) is 5.69 Å². The van der Waals surface area contributed by atoms with Crippen LogP contribution in [0.1, 0.15) is 39.5 Å². The number of hydrogen-bond acceptors (Lipinski definition) is 6. The van der Waals surface area contributed by atoms with Gasteiger partial charge in [-0.25, -0.2) is 18.2 Å². The zero-order valence-electron chi connectivity index (χ0n) is 20.5. The van der Waals surface area contributed by atoms with Gasteiger partial charge in [-0.3, -0.25) is 18.7 Å². The van der Waals surface area contributed by atoms with Crippen LogP contribution in [-0.4, -0.2) is 50.4 Å². The molecular weight excluding hydrogens is 472 g/mol. The van der Waals surface area contributed by atoms with Crippen LogP contribution in [0.2, 0.25) is 0 Å². The lowest BCUT2D eigenvalue weighted by Crippen LogP contribution is -2.37. The topological polar surface area (TPSA) is 128 Å². The minimum atomic E-state index is -3.63. The first-order valence-electron chi connectivity index (χ1n) is 11.6. The molecule has 0 spiro atoms. The number of carbonyl (C=O) groups excluding carboxylic acids is 1. The van der Waals surface area contributed by atoms with Gasteiger partial charge in [0.15, 0.2) is 11.2 Å². The first-order chi connectivity index (χ1) is 16.6. The SMILES string of the molecule is CCCCN(CCCC)S(=O)(=O)c1ccc(NC(=O)Cn2cnc3c2c(=O)n(C)c(=O)n3C)cc1. The van der Waals surface area contributed by atoms with Gasteiger partial charge in [0.25, 0.3) is 5.56 Å². The van der Waals surface area contributed by atoms with Gasteiger partial charge in [-0.2, -0.15) is 4.31 Å². The second-order valence-corrected chi connectivity index (χ2v) is 10.4. The van der Waals surface area contributed by atoms with E-state index in [2.05, 4.69) is 10.3 Å². The Bertz CT molecular complexity index is 1410. The van der Waals surface area contributed by atoms with Crippen molar-refractivity contribution in [3.05, 3.63) is 51.4 Å². The predicted molar refractivity (Wildman–Crippen MR) is 134 cm³/mol. The third-order valence-corrected chi connectivity index (χ3v) is 7.74. The van der Waals surface area contributed by atoms with E-state index >= 15 is 0 Å². The lowest BCUT2D eigenvalue weighted by Gasteiger charge is -2.22. The van der Waals surface area contributed by atoms with Crippen LogP contribution in [0.5, 0.6) is 0 Å². The lowest BCUT2D eigenvalue weighted by atomic mass is 10.3. The molecule has 0 saturated heterocycles. The smallest absolute Gasteiger partial charge is 0.325 e. The standard InChI is InChI=1S/C23H32N6O5S/c1-5-7-13-29(14-8-6-2)35(33,34)18-11-9-17(10-12-18)25-19(30)15-28-16-24-21-20(28)22(31)27(4)23(32)26(21)3/h9-12,16H,5-8,13-15H2,1-4H3,(H,25,30). The number of sulfonamides is 1. The van der Waals surface area contributed by atoms with E-state index in [1.165, 1.54) is 58.1 Å². The van der Waals surface area contributed by atoms with Gasteiger partial charge in [-0.15, -0.1) is 0 Å². The molecule has 0 saturated carbocycles. The molecule has 3 aromatic rings. The van der Waals surface area contributed by atoms with Gasteiger partial charge < -0.3 is 9.88 Å². The Hall–Kier alpha value is -3.25. The monoisotopic (exact) mass is 504 g/mol. The highest BCUT2D eigenvalue weighted by Gasteiger charge is 2.23. The Balaban J connectivity index is 1.76. The maximum atomic E-state index is 13.1. The molecule has 0 unspecified atom stereocenters. The number of anilines is 1. The number of aromatic nitrogens is 4. The summed E-state index contributed by atoms with van der Waals surface area (Å²) in [6, 6.07) is 6.04. The molecule has 35 heavy (non-hydrogen) atoms. The lowest BCUT2D eigenvalue weighted by molar-refractivity contribution is -0.116. The largest absolute Gasteiger partial charge is 0.332 e. The Morgan fingerprint density at radius 2 is 1.60 bits per heavy atom. The summed E-state index contributed by atoms with van der Waals surface area (Å²) in [5, 5.41) is 2.71. The van der Waals surface area contributed by atoms with Crippen molar-refractivity contribution in [2.24, 2.45) is 14.1 Å². The molecule has 1 N–H and O–H groups in total. The summed E-state index contributed by atoms with van der Waals surface area (Å²) in [7, 11) is -0.763. The molecule has 190 valence electrons. The average molecular weight is 505 g/mol. The number of nitrogens with zero attached hydrogens (tertiary/aromatic N) is 5. The first-order valence-corrected chi connectivity index (χ1v) is 13.1. The van der Waals surface area contributed by atoms with E-state index < -0.39 is 27.2 Å². The molecule has 0 aliphatic carbocycles. The third kappa shape index (κ3) is 5.54. The Morgan fingerprint density at radius 1 is 1.00 bits per heavy atom. The fraction of sp³-hybridized carbons (Fsp3) is 0.478. The van der Waals surface area contributed by atoms with E-state index in [0.717, 1.165) is 30.3 Å². The van der Waals surface area contributed by atoms with E-state index in [1.807, 2.05) is 13.8 Å². The summed E-state index contributed by atoms with van der Waals surface area (Å²) >= 11 is 0. The highest BCUT2D eigenvalue weighted by Crippen LogP contribution is 2.20. The van der Waals surface area contributed by atoms with Gasteiger partial charge in [0.2, 0.25) is 15.9 Å². The third-order valence-electron chi connectivity index (χ3n) is 5.83. The summed E-state index contributed by atoms with van der Waals surface area (Å²) in [6.45, 7) is 4.79. The molecule has 0 fully saturated rings. The highest BCUT2D eigenvalue weighted by molar-refractivity contribution is 7.89. The number of carbonyl (C=O) groups is 1. The molecule has 0 aliphatic rings. The van der Waals surface area contributed by atoms with Crippen LogP contribution in [0.25, 0.3) is 11.2 Å². The first kappa shape index (κ1) is 26.4. The van der Waals surface area contributed by atoms with E-state index in [1.54, 1.807) is 0 Å². The van der Waals surface area contributed by atoms with Crippen LogP contribution in [-0.2, 0) is 35.5 Å². The van der Waals surface area contributed by atoms with Crippen molar-refractivity contribution in [2.75, 3.05) is 18.4 Å². The molecule has 1 aromatic carbocycles. The summed E-state index contributed by atoms with van der Waals surface area (Å²) < 4.78 is 31.3. The summed E-state index contributed by atoms with van der Waals surface area (Å²) in [6.07, 6.45) is 4.71. The van der Waals surface area contributed by atoms with Crippen molar-refractivity contribution in [2.45, 2.75) is 51.0 Å². The number of nitrogens with one attached hydrogen (secondary N) is 1. The second kappa shape index (κ2) is 11.0. The summed E-state index contributed by atoms with van der Waals surface area (Å²) in [5.74, 6) is -0.427. The second-order valence-electron chi connectivity index (χ2n) is 8.43. The molecule has 0 atom stereocenters. The number of rotatable bonds is 11. The van der Waals surface area contributed by atoms with Crippen LogP contribution < -0.4 is 16.6 Å². The fourth-order valence-electron chi connectivity index (χ4n) is 3.75. The molecule has 0 radical (unpaired) electrons. The summed E-state index contributed by atoms with van der Waals surface area (Å²) in [4.78, 5) is 41.5. The van der Waals surface area contributed by atoms with Crippen LogP contribution in [0, 0.1) is 0 Å². The zero-order chi connectivity index (χ0) is 25.8. The molecule has 2 heterocycles. The molecule has 11 nitrogen and oxygen atoms in total. The predicted octanol–water partition coefficient (Wildman–Crippen LogP) is 1.66. The number of amides is 1. The molecule has 0 bridgehead atoms. The van der Waals surface area contributed by atoms with Gasteiger partial charge in [-0.1, -0.05) is 26.7 Å². The van der Waals surface area contributed by atoms with Crippen molar-refractivity contribution in [3.63, 3.8) is 0 Å². The van der Waals surface area contributed by atoms with Crippen LogP contribution in [0.15, 0.2) is 45.1 Å². The molecule has 2 aromatic heterocycles. The number of unbranched alkanes of at least 4 members (excludes halogenated alkanes) is 2. The molecule has 1 amide bonds. The van der Waals surface area contributed by atoms with Gasteiger partial charge in [-0.05, 0) is 37.1 Å². The number of aryl methyl sites for hydroxylation is 1. The fourth-order valence-corrected chi connectivity index (χ4v) is 5.27. The Morgan fingerprint density at radius 3 is 2.17 bits per heavy atom. The van der Waals surface area contributed by atoms with E-state index in [4.69, 9.17) is 0 Å². The molecule has 3 rings (SSSR count). The zero-order valence-corrected chi connectivity index (χ0v) is 21.3. The van der Waals surface area contributed by atoms with Gasteiger partial charge in [0.1, 0.15) is 6.54 Å². The minimum Gasteiger partial charge on any atom is -0.325 e. The normalized spacial score (nSPS) is 11.9. The molecular formula is C23H32N6O5S. The Kier molecular flexibility index (Phi) is 8.28. The van der Waals surface area contributed by atoms with E-state index in [0.29, 0.717) is 18.8 Å². The number of hydrogen-bond donors (Lipinski definition) is 1. The molecule has 12 heteroatoms. The van der Waals surface area contributed by atoms with Crippen LogP contribution >= 0.6 is 0 Å². The van der Waals surface area contributed by atoms with Gasteiger partial charge >= 0.3 is 5.69 Å². The van der Waals surface area contributed by atoms with E-state index in [-0.39, 0.29) is 22.6 Å². The van der Waals surface area contributed by atoms with Gasteiger partial charge in [0.05, 0.1) is 11.2 Å². The van der Waals surface area contributed by atoms with Gasteiger partial charge in [0, 0.05) is 32.9 Å². The van der Waals surface area contributed by atoms with Crippen molar-refractivity contribution < 1.29 is 13.2 Å². The maximum Gasteiger partial charge on any atom is 0.332 e. The Labute approximate surface area is 204 Å². The number of fused-ring (bicyclic) bond motifs is 1. The summed E-state index contributed by atoms with van der Waals surface area (Å²) in [5.41, 5.74) is -0.289.